The number of nitrogens with two attached hydrogens (primary N) is 1. The van der Waals surface area contributed by atoms with E-state index in [9.17, 15) is 4.79 Å². The number of anilines is 1. The Morgan fingerprint density at radius 2 is 2.09 bits per heavy atom. The number of amides is 1. The molecule has 0 spiro atoms. The predicted octanol–water partition coefficient (Wildman–Crippen LogP) is 1.42. The molecule has 1 aliphatic rings. The Bertz CT molecular complexity index is 490. The minimum atomic E-state index is -0.365. The average Bonchev–Trinajstić information content (AvgIpc) is 2.59. The van der Waals surface area contributed by atoms with E-state index in [0.29, 0.717) is 0 Å². The third-order valence-electron chi connectivity index (χ3n) is 3.96. The van der Waals surface area contributed by atoms with E-state index in [1.165, 1.54) is 0 Å². The van der Waals surface area contributed by atoms with Crippen LogP contribution >= 0.6 is 11.8 Å². The molecule has 1 aliphatic heterocycles. The molecule has 0 radical (unpaired) electrons. The van der Waals surface area contributed by atoms with Crippen LogP contribution in [0, 0.1) is 0 Å². The molecule has 0 bridgehead atoms. The molecule has 2 N–H and O–H groups in total. The molecule has 6 heteroatoms. The van der Waals surface area contributed by atoms with Gasteiger partial charge in [0.15, 0.2) is 0 Å². The zero-order valence-corrected chi connectivity index (χ0v) is 14.1. The summed E-state index contributed by atoms with van der Waals surface area (Å²) in [7, 11) is 1.67. The second kappa shape index (κ2) is 8.29. The summed E-state index contributed by atoms with van der Waals surface area (Å²) in [4.78, 5) is 16.5. The Kier molecular flexibility index (Phi) is 6.39. The molecule has 0 aliphatic carbocycles. The lowest BCUT2D eigenvalue weighted by molar-refractivity contribution is -0.132. The maximum Gasteiger partial charge on any atom is 0.239 e. The summed E-state index contributed by atoms with van der Waals surface area (Å²) in [6.45, 7) is 3.11. The zero-order chi connectivity index (χ0) is 15.9. The van der Waals surface area contributed by atoms with Crippen molar-refractivity contribution in [2.24, 2.45) is 5.73 Å². The van der Waals surface area contributed by atoms with Crippen LogP contribution in [0.3, 0.4) is 0 Å². The number of nitrogens with zero attached hydrogens (tertiary/aromatic N) is 2. The van der Waals surface area contributed by atoms with E-state index >= 15 is 0 Å². The molecule has 22 heavy (non-hydrogen) atoms. The van der Waals surface area contributed by atoms with Crippen LogP contribution in [0.1, 0.15) is 6.42 Å². The number of methoxy groups -OCH3 is 1. The van der Waals surface area contributed by atoms with Crippen LogP contribution in [0.25, 0.3) is 0 Å². The first kappa shape index (κ1) is 17.0. The summed E-state index contributed by atoms with van der Waals surface area (Å²) in [6.07, 6.45) is 2.78. The second-order valence-electron chi connectivity index (χ2n) is 5.40. The smallest absolute Gasteiger partial charge is 0.239 e. The van der Waals surface area contributed by atoms with Crippen molar-refractivity contribution in [2.75, 3.05) is 50.2 Å². The number of rotatable bonds is 6. The maximum absolute atomic E-state index is 12.3. The molecule has 0 aromatic heterocycles. The Labute approximate surface area is 136 Å². The molecule has 5 nitrogen and oxygen atoms in total. The van der Waals surface area contributed by atoms with Gasteiger partial charge in [0.05, 0.1) is 13.2 Å². The van der Waals surface area contributed by atoms with E-state index in [0.717, 1.165) is 49.8 Å². The van der Waals surface area contributed by atoms with Gasteiger partial charge in [0.2, 0.25) is 5.91 Å². The van der Waals surface area contributed by atoms with Gasteiger partial charge >= 0.3 is 0 Å². The van der Waals surface area contributed by atoms with Crippen molar-refractivity contribution in [2.45, 2.75) is 12.5 Å². The van der Waals surface area contributed by atoms with E-state index in [-0.39, 0.29) is 11.9 Å². The first-order valence-corrected chi connectivity index (χ1v) is 8.97. The standard InChI is InChI=1S/C16H25N3O2S/c1-21-14-5-3-4-13(12-14)18-7-9-19(10-8-18)16(20)15(17)6-11-22-2/h3-5,12,15H,6-11,17H2,1-2H3/t15-/m0/s1. The molecule has 1 saturated heterocycles. The number of piperazine rings is 1. The fourth-order valence-corrected chi connectivity index (χ4v) is 3.08. The van der Waals surface area contributed by atoms with Gasteiger partial charge < -0.3 is 20.3 Å². The summed E-state index contributed by atoms with van der Waals surface area (Å²) in [5.41, 5.74) is 7.12. The third kappa shape index (κ3) is 4.30. The lowest BCUT2D eigenvalue weighted by Gasteiger charge is -2.37. The van der Waals surface area contributed by atoms with E-state index in [2.05, 4.69) is 11.0 Å². The fraction of sp³-hybridized carbons (Fsp3) is 0.562. The van der Waals surface area contributed by atoms with Gasteiger partial charge in [-0.15, -0.1) is 0 Å². The van der Waals surface area contributed by atoms with Gasteiger partial charge in [-0.05, 0) is 30.6 Å². The summed E-state index contributed by atoms with van der Waals surface area (Å²) < 4.78 is 5.26. The van der Waals surface area contributed by atoms with E-state index in [1.54, 1.807) is 18.9 Å². The van der Waals surface area contributed by atoms with Gasteiger partial charge in [0, 0.05) is 37.9 Å². The highest BCUT2D eigenvalue weighted by Crippen LogP contribution is 2.22. The molecule has 1 atom stereocenters. The van der Waals surface area contributed by atoms with Crippen molar-refractivity contribution >= 4 is 23.4 Å². The van der Waals surface area contributed by atoms with Crippen LogP contribution in [0.4, 0.5) is 5.69 Å². The molecule has 2 rings (SSSR count). The molecule has 122 valence electrons. The highest BCUT2D eigenvalue weighted by Gasteiger charge is 2.25. The van der Waals surface area contributed by atoms with Crippen LogP contribution < -0.4 is 15.4 Å². The first-order chi connectivity index (χ1) is 10.7. The molecule has 0 saturated carbocycles. The number of carbonyl (C=O) groups excluding carboxylic acids is 1. The number of thioether (sulfide) groups is 1. The predicted molar refractivity (Wildman–Crippen MR) is 92.8 cm³/mol. The summed E-state index contributed by atoms with van der Waals surface area (Å²) in [5, 5.41) is 0. The van der Waals surface area contributed by atoms with E-state index < -0.39 is 0 Å². The second-order valence-corrected chi connectivity index (χ2v) is 6.39. The molecule has 1 aromatic rings. The lowest BCUT2D eigenvalue weighted by atomic mass is 10.2. The maximum atomic E-state index is 12.3. The Balaban J connectivity index is 1.88. The van der Waals surface area contributed by atoms with Gasteiger partial charge in [-0.25, -0.2) is 0 Å². The van der Waals surface area contributed by atoms with Crippen LogP contribution in [-0.4, -0.2) is 62.1 Å². The van der Waals surface area contributed by atoms with Crippen LogP contribution in [0.15, 0.2) is 24.3 Å². The summed E-state index contributed by atoms with van der Waals surface area (Å²) in [6, 6.07) is 7.67. The largest absolute Gasteiger partial charge is 0.497 e. The van der Waals surface area contributed by atoms with Crippen LogP contribution in [0.2, 0.25) is 0 Å². The molecular weight excluding hydrogens is 298 g/mol. The lowest BCUT2D eigenvalue weighted by Crippen LogP contribution is -2.53. The third-order valence-corrected chi connectivity index (χ3v) is 4.60. The number of benzene rings is 1. The van der Waals surface area contributed by atoms with Crippen molar-refractivity contribution in [1.82, 2.24) is 4.90 Å². The highest BCUT2D eigenvalue weighted by atomic mass is 32.2. The van der Waals surface area contributed by atoms with Gasteiger partial charge in [-0.3, -0.25) is 4.79 Å². The molecule has 1 fully saturated rings. The molecular formula is C16H25N3O2S. The summed E-state index contributed by atoms with van der Waals surface area (Å²) in [5.74, 6) is 1.87. The van der Waals surface area contributed by atoms with E-state index in [4.69, 9.17) is 10.5 Å². The van der Waals surface area contributed by atoms with Gasteiger partial charge in [-0.2, -0.15) is 11.8 Å². The number of ether oxygens (including phenoxy) is 1. The minimum absolute atomic E-state index is 0.0827. The van der Waals surface area contributed by atoms with Crippen LogP contribution in [-0.2, 0) is 4.79 Å². The molecule has 1 heterocycles. The molecule has 0 unspecified atom stereocenters. The average molecular weight is 323 g/mol. The van der Waals surface area contributed by atoms with Crippen molar-refractivity contribution in [3.63, 3.8) is 0 Å². The normalized spacial score (nSPS) is 16.5. The number of hydrogen-bond donors (Lipinski definition) is 1. The highest BCUT2D eigenvalue weighted by molar-refractivity contribution is 7.98. The van der Waals surface area contributed by atoms with Crippen LogP contribution in [0.5, 0.6) is 5.75 Å². The monoisotopic (exact) mass is 323 g/mol. The van der Waals surface area contributed by atoms with Crippen molar-refractivity contribution < 1.29 is 9.53 Å². The molecule has 1 aromatic carbocycles. The van der Waals surface area contributed by atoms with E-state index in [1.807, 2.05) is 29.4 Å². The fourth-order valence-electron chi connectivity index (χ4n) is 2.60. The SMILES string of the molecule is COc1cccc(N2CCN(C(=O)[C@@H](N)CCSC)CC2)c1. The Morgan fingerprint density at radius 3 is 2.73 bits per heavy atom. The molecule has 1 amide bonds. The number of carbonyl (C=O) groups is 1. The summed E-state index contributed by atoms with van der Waals surface area (Å²) >= 11 is 1.72. The van der Waals surface area contributed by atoms with Crippen molar-refractivity contribution in [1.29, 1.82) is 0 Å². The topological polar surface area (TPSA) is 58.8 Å². The van der Waals surface area contributed by atoms with Gasteiger partial charge in [0.1, 0.15) is 5.75 Å². The van der Waals surface area contributed by atoms with Crippen molar-refractivity contribution in [3.05, 3.63) is 24.3 Å². The Hall–Kier alpha value is -1.40. The quantitative estimate of drug-likeness (QED) is 0.858. The number of hydrogen-bond acceptors (Lipinski definition) is 5. The first-order valence-electron chi connectivity index (χ1n) is 7.58. The minimum Gasteiger partial charge on any atom is -0.497 e. The Morgan fingerprint density at radius 1 is 1.36 bits per heavy atom. The van der Waals surface area contributed by atoms with Crippen molar-refractivity contribution in [3.8, 4) is 5.75 Å². The van der Waals surface area contributed by atoms with Gasteiger partial charge in [0.25, 0.3) is 0 Å². The zero-order valence-electron chi connectivity index (χ0n) is 13.3. The van der Waals surface area contributed by atoms with Gasteiger partial charge in [-0.1, -0.05) is 6.07 Å².